The lowest BCUT2D eigenvalue weighted by Gasteiger charge is -2.22. The van der Waals surface area contributed by atoms with E-state index in [-0.39, 0.29) is 5.56 Å². The van der Waals surface area contributed by atoms with Crippen molar-refractivity contribution in [1.82, 2.24) is 5.32 Å². The van der Waals surface area contributed by atoms with E-state index in [2.05, 4.69) is 9.47 Å². The maximum atomic E-state index is 12.9. The van der Waals surface area contributed by atoms with Gasteiger partial charge in [-0.05, 0) is 17.7 Å². The van der Waals surface area contributed by atoms with Crippen molar-refractivity contribution in [2.45, 2.75) is 36.9 Å². The summed E-state index contributed by atoms with van der Waals surface area (Å²) in [5.41, 5.74) is -0.242. The van der Waals surface area contributed by atoms with Crippen molar-refractivity contribution in [2.75, 3.05) is 6.61 Å². The second kappa shape index (κ2) is 9.78. The number of hydrogen-bond acceptors (Lipinski definition) is 5. The Balaban J connectivity index is 3.00. The third-order valence-corrected chi connectivity index (χ3v) is 3.46. The number of carbonyl (C=O) groups excluding carboxylic acids is 3. The number of hydrogen-bond donors (Lipinski definition) is 1. The van der Waals surface area contributed by atoms with Crippen LogP contribution in [0.4, 0.5) is 48.3 Å². The van der Waals surface area contributed by atoms with Crippen molar-refractivity contribution in [3.63, 3.8) is 0 Å². The molecule has 17 heteroatoms. The van der Waals surface area contributed by atoms with E-state index in [9.17, 15) is 62.7 Å². The minimum absolute atomic E-state index is 0.242. The van der Waals surface area contributed by atoms with E-state index in [1.165, 1.54) is 0 Å². The minimum atomic E-state index is -6.15. The molecule has 1 aromatic carbocycles. The molecule has 0 radical (unpaired) electrons. The molecule has 0 bridgehead atoms. The lowest BCUT2D eigenvalue weighted by molar-refractivity contribution is -0.294. The molecule has 0 fully saturated rings. The summed E-state index contributed by atoms with van der Waals surface area (Å²) >= 11 is 0. The Kier molecular flexibility index (Phi) is 8.27. The Bertz CT molecular complexity index is 860. The van der Waals surface area contributed by atoms with Gasteiger partial charge in [0.15, 0.2) is 6.61 Å². The molecule has 1 N–H and O–H groups in total. The van der Waals surface area contributed by atoms with Gasteiger partial charge in [-0.15, -0.1) is 0 Å². The quantitative estimate of drug-likeness (QED) is 0.349. The molecular weight excluding hydrogens is 495 g/mol. The number of rotatable bonds is 7. The van der Waals surface area contributed by atoms with Crippen LogP contribution in [-0.4, -0.2) is 54.9 Å². The molecule has 0 aliphatic rings. The summed E-state index contributed by atoms with van der Waals surface area (Å²) < 4.78 is 144. The SMILES string of the molecule is O=C(OCC(F)(F)C(F)(F)F)C(Cc1ccc(OC(=O)C(F)(F)F)cc1)NC(=O)C(F)(F)F. The first kappa shape index (κ1) is 27.9. The zero-order valence-electron chi connectivity index (χ0n) is 15.5. The second-order valence-corrected chi connectivity index (χ2v) is 6.07. The summed E-state index contributed by atoms with van der Waals surface area (Å²) in [7, 11) is 0. The lowest BCUT2D eigenvalue weighted by Crippen LogP contribution is -2.50. The molecule has 0 heterocycles. The molecule has 6 nitrogen and oxygen atoms in total. The van der Waals surface area contributed by atoms with Gasteiger partial charge in [0.2, 0.25) is 0 Å². The summed E-state index contributed by atoms with van der Waals surface area (Å²) in [6.07, 6.45) is -18.1. The highest BCUT2D eigenvalue weighted by Gasteiger charge is 2.58. The van der Waals surface area contributed by atoms with Crippen LogP contribution in [0.2, 0.25) is 0 Å². The van der Waals surface area contributed by atoms with Gasteiger partial charge >= 0.3 is 42.3 Å². The highest BCUT2D eigenvalue weighted by molar-refractivity contribution is 5.87. The molecule has 1 atom stereocenters. The number of amides is 1. The van der Waals surface area contributed by atoms with Crippen LogP contribution in [-0.2, 0) is 25.5 Å². The smallest absolute Gasteiger partial charge is 0.457 e. The minimum Gasteiger partial charge on any atom is -0.457 e. The fourth-order valence-electron chi connectivity index (χ4n) is 1.87. The highest BCUT2D eigenvalue weighted by atomic mass is 19.4. The van der Waals surface area contributed by atoms with Crippen LogP contribution in [0, 0.1) is 0 Å². The third-order valence-electron chi connectivity index (χ3n) is 3.46. The number of halogens is 11. The Labute approximate surface area is 175 Å². The molecule has 0 spiro atoms. The molecule has 0 saturated heterocycles. The molecule has 186 valence electrons. The van der Waals surface area contributed by atoms with E-state index >= 15 is 0 Å². The number of benzene rings is 1. The van der Waals surface area contributed by atoms with Crippen molar-refractivity contribution in [1.29, 1.82) is 0 Å². The zero-order valence-corrected chi connectivity index (χ0v) is 15.5. The fraction of sp³-hybridized carbons (Fsp3) is 0.438. The Morgan fingerprint density at radius 3 is 1.76 bits per heavy atom. The van der Waals surface area contributed by atoms with Gasteiger partial charge in [-0.1, -0.05) is 12.1 Å². The fourth-order valence-corrected chi connectivity index (χ4v) is 1.87. The van der Waals surface area contributed by atoms with Crippen LogP contribution in [0.5, 0.6) is 5.75 Å². The standard InChI is InChI=1S/C16H10F11NO5/c17-13(18,16(25,26)27)6-32-10(29)9(28-11(30)14(19,20)21)5-7-1-3-8(4-2-7)33-12(31)15(22,23)24/h1-4,9H,5-6H2,(H,28,30). The Morgan fingerprint density at radius 1 is 0.818 bits per heavy atom. The first-order chi connectivity index (χ1) is 14.7. The highest BCUT2D eigenvalue weighted by Crippen LogP contribution is 2.35. The number of esters is 2. The van der Waals surface area contributed by atoms with Gasteiger partial charge in [-0.25, -0.2) is 9.59 Å². The normalized spacial score (nSPS) is 13.8. The van der Waals surface area contributed by atoms with E-state index in [1.807, 2.05) is 0 Å². The van der Waals surface area contributed by atoms with Gasteiger partial charge < -0.3 is 14.8 Å². The third kappa shape index (κ3) is 8.38. The average Bonchev–Trinajstić information content (AvgIpc) is 2.64. The predicted molar refractivity (Wildman–Crippen MR) is 81.8 cm³/mol. The Morgan fingerprint density at radius 2 is 1.33 bits per heavy atom. The number of nitrogens with one attached hydrogen (secondary N) is 1. The van der Waals surface area contributed by atoms with Crippen molar-refractivity contribution in [3.05, 3.63) is 29.8 Å². The molecule has 0 aromatic heterocycles. The van der Waals surface area contributed by atoms with E-state index < -0.39 is 67.1 Å². The largest absolute Gasteiger partial charge is 0.491 e. The summed E-state index contributed by atoms with van der Waals surface area (Å²) in [4.78, 5) is 33.6. The van der Waals surface area contributed by atoms with E-state index in [1.54, 1.807) is 0 Å². The molecular formula is C16H10F11NO5. The second-order valence-electron chi connectivity index (χ2n) is 6.07. The van der Waals surface area contributed by atoms with Gasteiger partial charge in [0, 0.05) is 6.42 Å². The van der Waals surface area contributed by atoms with Gasteiger partial charge in [-0.2, -0.15) is 48.3 Å². The maximum Gasteiger partial charge on any atom is 0.491 e. The summed E-state index contributed by atoms with van der Waals surface area (Å²) in [6.45, 7) is -2.60. The van der Waals surface area contributed by atoms with Gasteiger partial charge in [0.25, 0.3) is 0 Å². The monoisotopic (exact) mass is 505 g/mol. The van der Waals surface area contributed by atoms with E-state index in [0.717, 1.165) is 17.4 Å². The van der Waals surface area contributed by atoms with Crippen molar-refractivity contribution in [2.24, 2.45) is 0 Å². The molecule has 1 rings (SSSR count). The summed E-state index contributed by atoms with van der Waals surface area (Å²) in [5, 5.41) is 1.05. The average molecular weight is 505 g/mol. The van der Waals surface area contributed by atoms with Gasteiger partial charge in [0.05, 0.1) is 0 Å². The van der Waals surface area contributed by atoms with Crippen LogP contribution < -0.4 is 10.1 Å². The first-order valence-electron chi connectivity index (χ1n) is 8.11. The zero-order chi connectivity index (χ0) is 25.8. The molecule has 0 aliphatic heterocycles. The van der Waals surface area contributed by atoms with Crippen LogP contribution in [0.1, 0.15) is 5.56 Å². The van der Waals surface area contributed by atoms with E-state index in [4.69, 9.17) is 0 Å². The van der Waals surface area contributed by atoms with Crippen LogP contribution >= 0.6 is 0 Å². The number of ether oxygens (including phenoxy) is 2. The van der Waals surface area contributed by atoms with Crippen molar-refractivity contribution < 1.29 is 72.2 Å². The van der Waals surface area contributed by atoms with Crippen LogP contribution in [0.25, 0.3) is 0 Å². The van der Waals surface area contributed by atoms with E-state index in [0.29, 0.717) is 12.1 Å². The van der Waals surface area contributed by atoms with Gasteiger partial charge in [-0.3, -0.25) is 4.79 Å². The molecule has 1 amide bonds. The molecule has 0 aliphatic carbocycles. The molecule has 1 aromatic rings. The molecule has 1 unspecified atom stereocenters. The number of carbonyl (C=O) groups is 3. The summed E-state index contributed by atoms with van der Waals surface area (Å²) in [5.74, 6) is -13.7. The molecule has 0 saturated carbocycles. The Hall–Kier alpha value is -3.14. The first-order valence-corrected chi connectivity index (χ1v) is 8.11. The predicted octanol–water partition coefficient (Wildman–Crippen LogP) is 3.48. The summed E-state index contributed by atoms with van der Waals surface area (Å²) in [6, 6.07) is 0.592. The van der Waals surface area contributed by atoms with Crippen LogP contribution in [0.15, 0.2) is 24.3 Å². The van der Waals surface area contributed by atoms with Crippen molar-refractivity contribution in [3.8, 4) is 5.75 Å². The van der Waals surface area contributed by atoms with Gasteiger partial charge in [0.1, 0.15) is 11.8 Å². The lowest BCUT2D eigenvalue weighted by atomic mass is 10.1. The maximum absolute atomic E-state index is 12.9. The van der Waals surface area contributed by atoms with Crippen LogP contribution in [0.3, 0.4) is 0 Å². The molecule has 33 heavy (non-hydrogen) atoms. The number of alkyl halides is 11. The van der Waals surface area contributed by atoms with Crippen molar-refractivity contribution >= 4 is 17.8 Å². The topological polar surface area (TPSA) is 81.7 Å².